The molecule has 4 nitrogen and oxygen atoms in total. The third-order valence-electron chi connectivity index (χ3n) is 5.45. The van der Waals surface area contributed by atoms with Crippen LogP contribution in [0.25, 0.3) is 10.9 Å². The second-order valence-corrected chi connectivity index (χ2v) is 8.87. The Morgan fingerprint density at radius 1 is 1.06 bits per heavy atom. The second kappa shape index (κ2) is 10.4. The van der Waals surface area contributed by atoms with E-state index < -0.39 is 0 Å². The lowest BCUT2D eigenvalue weighted by molar-refractivity contribution is 0.120. The van der Waals surface area contributed by atoms with Gasteiger partial charge in [0.2, 0.25) is 0 Å². The Morgan fingerprint density at radius 2 is 1.94 bits per heavy atom. The topological polar surface area (TPSA) is 35.4 Å². The van der Waals surface area contributed by atoms with Crippen LogP contribution in [-0.2, 0) is 11.3 Å². The Balaban J connectivity index is 1.55. The lowest BCUT2D eigenvalue weighted by Crippen LogP contribution is -2.02. The number of hydrogen-bond donors (Lipinski definition) is 1. The maximum Gasteiger partial charge on any atom is 0.119 e. The average molecular weight is 514 g/mol. The summed E-state index contributed by atoms with van der Waals surface area (Å²) in [5.41, 5.74) is 5.43. The van der Waals surface area contributed by atoms with Crippen LogP contribution in [0.5, 0.6) is 5.75 Å². The van der Waals surface area contributed by atoms with Gasteiger partial charge in [0.1, 0.15) is 5.75 Å². The van der Waals surface area contributed by atoms with Gasteiger partial charge in [-0.15, -0.1) is 0 Å². The smallest absolute Gasteiger partial charge is 0.119 e. The highest BCUT2D eigenvalue weighted by atomic mass is 79.9. The molecule has 0 fully saturated rings. The zero-order valence-electron chi connectivity index (χ0n) is 18.1. The summed E-state index contributed by atoms with van der Waals surface area (Å²) in [6.07, 6.45) is 2.07. The van der Waals surface area contributed by atoms with E-state index in [1.54, 1.807) is 7.11 Å². The number of aromatic nitrogens is 1. The van der Waals surface area contributed by atoms with Crippen LogP contribution in [0.1, 0.15) is 24.2 Å². The highest BCUT2D eigenvalue weighted by molar-refractivity contribution is 9.09. The second-order valence-electron chi connectivity index (χ2n) is 7.64. The van der Waals surface area contributed by atoms with Gasteiger partial charge in [-0.1, -0.05) is 39.7 Å². The molecular weight excluding hydrogens is 488 g/mol. The fraction of sp³-hybridized carbons (Fsp3) is 0.231. The number of anilines is 2. The molecule has 0 aliphatic rings. The van der Waals surface area contributed by atoms with Crippen molar-refractivity contribution in [2.24, 2.45) is 0 Å². The molecule has 0 aliphatic heterocycles. The first-order chi connectivity index (χ1) is 15.6. The number of fused-ring (bicyclic) bond motifs is 1. The molecule has 0 saturated carbocycles. The number of nitrogens with zero attached hydrogens (tertiary/aromatic N) is 1. The Labute approximate surface area is 202 Å². The predicted molar refractivity (Wildman–Crippen MR) is 137 cm³/mol. The SMILES string of the molecule is COC(C)c1cc(Cl)ccc1Nc1ccc2c(ccn2Cc2cccc(OCCBr)c2)c1. The van der Waals surface area contributed by atoms with E-state index in [1.165, 1.54) is 16.5 Å². The van der Waals surface area contributed by atoms with E-state index in [0.29, 0.717) is 11.6 Å². The number of hydrogen-bond acceptors (Lipinski definition) is 3. The van der Waals surface area contributed by atoms with Crippen molar-refractivity contribution in [3.05, 3.63) is 89.1 Å². The van der Waals surface area contributed by atoms with E-state index in [2.05, 4.69) is 68.4 Å². The number of benzene rings is 3. The van der Waals surface area contributed by atoms with E-state index >= 15 is 0 Å². The van der Waals surface area contributed by atoms with Crippen LogP contribution in [0.15, 0.2) is 72.9 Å². The highest BCUT2D eigenvalue weighted by Gasteiger charge is 2.12. The third-order valence-corrected chi connectivity index (χ3v) is 6.01. The van der Waals surface area contributed by atoms with Gasteiger partial charge in [-0.3, -0.25) is 0 Å². The minimum Gasteiger partial charge on any atom is -0.493 e. The fourth-order valence-corrected chi connectivity index (χ4v) is 4.11. The summed E-state index contributed by atoms with van der Waals surface area (Å²) in [5, 5.41) is 6.22. The van der Waals surface area contributed by atoms with Gasteiger partial charge in [-0.2, -0.15) is 0 Å². The standard InChI is InChI=1S/C26H26BrClN2O2/c1-18(31-2)24-16-21(28)6-8-25(24)29-22-7-9-26-20(15-22)10-12-30(26)17-19-4-3-5-23(14-19)32-13-11-27/h3-10,12,14-16,18,29H,11,13,17H2,1-2H3. The molecule has 166 valence electrons. The monoisotopic (exact) mass is 512 g/mol. The number of rotatable bonds is 9. The molecule has 1 aromatic heterocycles. The molecule has 4 aromatic rings. The Kier molecular flexibility index (Phi) is 7.40. The van der Waals surface area contributed by atoms with Crippen molar-refractivity contribution in [1.29, 1.82) is 0 Å². The first-order valence-electron chi connectivity index (χ1n) is 10.5. The Morgan fingerprint density at radius 3 is 2.75 bits per heavy atom. The zero-order valence-corrected chi connectivity index (χ0v) is 20.5. The molecule has 0 amide bonds. The van der Waals surface area contributed by atoms with Crippen molar-refractivity contribution >= 4 is 49.8 Å². The maximum absolute atomic E-state index is 6.21. The van der Waals surface area contributed by atoms with Crippen molar-refractivity contribution in [2.75, 3.05) is 24.4 Å². The molecule has 0 saturated heterocycles. The van der Waals surface area contributed by atoms with Crippen LogP contribution >= 0.6 is 27.5 Å². The van der Waals surface area contributed by atoms with Crippen molar-refractivity contribution < 1.29 is 9.47 Å². The molecule has 1 N–H and O–H groups in total. The van der Waals surface area contributed by atoms with Gasteiger partial charge in [0.15, 0.2) is 0 Å². The van der Waals surface area contributed by atoms with Gasteiger partial charge in [-0.25, -0.2) is 0 Å². The van der Waals surface area contributed by atoms with Gasteiger partial charge < -0.3 is 19.4 Å². The summed E-state index contributed by atoms with van der Waals surface area (Å²) in [6.45, 7) is 3.46. The Hall–Kier alpha value is -2.47. The molecule has 0 bridgehead atoms. The van der Waals surface area contributed by atoms with Gasteiger partial charge in [0.25, 0.3) is 0 Å². The molecule has 0 spiro atoms. The first-order valence-corrected chi connectivity index (χ1v) is 12.0. The quantitative estimate of drug-likeness (QED) is 0.234. The summed E-state index contributed by atoms with van der Waals surface area (Å²) in [4.78, 5) is 0. The molecule has 1 atom stereocenters. The minimum atomic E-state index is -0.0599. The van der Waals surface area contributed by atoms with Crippen LogP contribution in [0.2, 0.25) is 5.02 Å². The molecular formula is C26H26BrClN2O2. The van der Waals surface area contributed by atoms with Crippen LogP contribution < -0.4 is 10.1 Å². The normalized spacial score (nSPS) is 12.1. The van der Waals surface area contributed by atoms with Gasteiger partial charge in [0, 0.05) is 58.0 Å². The summed E-state index contributed by atoms with van der Waals surface area (Å²) >= 11 is 9.61. The van der Waals surface area contributed by atoms with Gasteiger partial charge >= 0.3 is 0 Å². The van der Waals surface area contributed by atoms with Crippen molar-refractivity contribution in [3.63, 3.8) is 0 Å². The summed E-state index contributed by atoms with van der Waals surface area (Å²) < 4.78 is 13.5. The molecule has 32 heavy (non-hydrogen) atoms. The highest BCUT2D eigenvalue weighted by Crippen LogP contribution is 2.31. The van der Waals surface area contributed by atoms with E-state index in [9.17, 15) is 0 Å². The zero-order chi connectivity index (χ0) is 22.5. The van der Waals surface area contributed by atoms with Crippen LogP contribution in [-0.4, -0.2) is 23.6 Å². The fourth-order valence-electron chi connectivity index (χ4n) is 3.77. The molecule has 3 aromatic carbocycles. The van der Waals surface area contributed by atoms with Crippen LogP contribution in [0, 0.1) is 0 Å². The third kappa shape index (κ3) is 5.29. The van der Waals surface area contributed by atoms with Crippen molar-refractivity contribution in [3.8, 4) is 5.75 Å². The van der Waals surface area contributed by atoms with Crippen LogP contribution in [0.3, 0.4) is 0 Å². The molecule has 0 radical (unpaired) electrons. The summed E-state index contributed by atoms with van der Waals surface area (Å²) in [7, 11) is 1.70. The number of ether oxygens (including phenoxy) is 2. The Bertz CT molecular complexity index is 1210. The molecule has 1 heterocycles. The van der Waals surface area contributed by atoms with Gasteiger partial charge in [-0.05, 0) is 67.1 Å². The number of methoxy groups -OCH3 is 1. The summed E-state index contributed by atoms with van der Waals surface area (Å²) in [5.74, 6) is 0.897. The van der Waals surface area contributed by atoms with E-state index in [-0.39, 0.29) is 6.10 Å². The van der Waals surface area contributed by atoms with E-state index in [0.717, 1.165) is 34.6 Å². The molecule has 4 rings (SSSR count). The first kappa shape index (κ1) is 22.7. The summed E-state index contributed by atoms with van der Waals surface area (Å²) in [6, 6.07) is 22.7. The lowest BCUT2D eigenvalue weighted by Gasteiger charge is -2.17. The average Bonchev–Trinajstić information content (AvgIpc) is 3.20. The molecule has 6 heteroatoms. The molecule has 0 aliphatic carbocycles. The molecule has 1 unspecified atom stereocenters. The van der Waals surface area contributed by atoms with Crippen molar-refractivity contribution in [1.82, 2.24) is 4.57 Å². The predicted octanol–water partition coefficient (Wildman–Crippen LogP) is 7.57. The minimum absolute atomic E-state index is 0.0599. The number of nitrogens with one attached hydrogen (secondary N) is 1. The number of halogens is 2. The number of alkyl halides is 1. The lowest BCUT2D eigenvalue weighted by atomic mass is 10.1. The van der Waals surface area contributed by atoms with Gasteiger partial charge in [0.05, 0.1) is 12.7 Å². The maximum atomic E-state index is 6.21. The van der Waals surface area contributed by atoms with Crippen molar-refractivity contribution in [2.45, 2.75) is 19.6 Å². The van der Waals surface area contributed by atoms with Crippen LogP contribution in [0.4, 0.5) is 11.4 Å². The largest absolute Gasteiger partial charge is 0.493 e. The van der Waals surface area contributed by atoms with E-state index in [4.69, 9.17) is 21.1 Å². The van der Waals surface area contributed by atoms with E-state index in [1.807, 2.05) is 37.3 Å².